The second-order valence-electron chi connectivity index (χ2n) is 6.68. The Balaban J connectivity index is 2.01. The number of methoxy groups -OCH3 is 2. The first-order chi connectivity index (χ1) is 14.0. The minimum absolute atomic E-state index is 0.0352. The fourth-order valence-corrected chi connectivity index (χ4v) is 2.94. The van der Waals surface area contributed by atoms with Crippen LogP contribution < -0.4 is 19.5 Å². The molecule has 0 saturated carbocycles. The second-order valence-corrected chi connectivity index (χ2v) is 6.68. The van der Waals surface area contributed by atoms with Gasteiger partial charge in [-0.1, -0.05) is 18.2 Å². The van der Waals surface area contributed by atoms with Crippen LogP contribution in [0, 0.1) is 0 Å². The van der Waals surface area contributed by atoms with Gasteiger partial charge >= 0.3 is 0 Å². The summed E-state index contributed by atoms with van der Waals surface area (Å²) in [5.74, 6) is 1.96. The normalized spacial score (nSPS) is 12.1. The molecule has 1 unspecified atom stereocenters. The van der Waals surface area contributed by atoms with Crippen molar-refractivity contribution in [2.24, 2.45) is 0 Å². The molecule has 2 aromatic carbocycles. The SMILES string of the molecule is CCOc1ccc(/C=C/C(=O)NCC(c2cccc(OC)c2)N(C)C)cc1OC. The van der Waals surface area contributed by atoms with Crippen molar-refractivity contribution in [3.8, 4) is 17.2 Å². The van der Waals surface area contributed by atoms with Crippen LogP contribution in [0.15, 0.2) is 48.5 Å². The molecule has 0 aliphatic heterocycles. The molecule has 1 N–H and O–H groups in total. The quantitative estimate of drug-likeness (QED) is 0.621. The number of carbonyl (C=O) groups is 1. The van der Waals surface area contributed by atoms with Gasteiger partial charge in [0.1, 0.15) is 5.75 Å². The van der Waals surface area contributed by atoms with Crippen molar-refractivity contribution in [1.29, 1.82) is 0 Å². The predicted octanol–water partition coefficient (Wildman–Crippen LogP) is 3.53. The Hall–Kier alpha value is -2.99. The molecule has 2 rings (SSSR count). The van der Waals surface area contributed by atoms with E-state index in [0.29, 0.717) is 24.7 Å². The van der Waals surface area contributed by atoms with Crippen molar-refractivity contribution in [3.05, 3.63) is 59.7 Å². The average molecular weight is 399 g/mol. The van der Waals surface area contributed by atoms with Gasteiger partial charge in [-0.15, -0.1) is 0 Å². The van der Waals surface area contributed by atoms with Gasteiger partial charge in [-0.2, -0.15) is 0 Å². The lowest BCUT2D eigenvalue weighted by atomic mass is 10.1. The zero-order valence-electron chi connectivity index (χ0n) is 17.8. The first-order valence-electron chi connectivity index (χ1n) is 9.55. The molecule has 1 atom stereocenters. The van der Waals surface area contributed by atoms with Gasteiger partial charge in [0.15, 0.2) is 11.5 Å². The number of amides is 1. The number of hydrogen-bond acceptors (Lipinski definition) is 5. The van der Waals surface area contributed by atoms with Crippen molar-refractivity contribution >= 4 is 12.0 Å². The highest BCUT2D eigenvalue weighted by Crippen LogP contribution is 2.28. The van der Waals surface area contributed by atoms with Gasteiger partial charge in [0.2, 0.25) is 5.91 Å². The number of likely N-dealkylation sites (N-methyl/N-ethyl adjacent to an activating group) is 1. The smallest absolute Gasteiger partial charge is 0.244 e. The summed E-state index contributed by atoms with van der Waals surface area (Å²) in [6.07, 6.45) is 3.28. The molecule has 6 heteroatoms. The molecule has 0 fully saturated rings. The highest BCUT2D eigenvalue weighted by Gasteiger charge is 2.15. The van der Waals surface area contributed by atoms with Crippen LogP contribution in [0.3, 0.4) is 0 Å². The number of carbonyl (C=O) groups excluding carboxylic acids is 1. The molecule has 156 valence electrons. The first kappa shape index (κ1) is 22.3. The van der Waals surface area contributed by atoms with Crippen LogP contribution in [0.25, 0.3) is 6.08 Å². The van der Waals surface area contributed by atoms with Gasteiger partial charge in [0.05, 0.1) is 26.9 Å². The fraction of sp³-hybridized carbons (Fsp3) is 0.348. The van der Waals surface area contributed by atoms with Crippen LogP contribution in [0.2, 0.25) is 0 Å². The molecule has 0 aliphatic rings. The predicted molar refractivity (Wildman–Crippen MR) is 116 cm³/mol. The van der Waals surface area contributed by atoms with E-state index in [9.17, 15) is 4.79 Å². The Morgan fingerprint density at radius 3 is 2.55 bits per heavy atom. The Labute approximate surface area is 173 Å². The molecule has 29 heavy (non-hydrogen) atoms. The summed E-state index contributed by atoms with van der Waals surface area (Å²) >= 11 is 0. The molecular weight excluding hydrogens is 368 g/mol. The lowest BCUT2D eigenvalue weighted by molar-refractivity contribution is -0.116. The summed E-state index contributed by atoms with van der Waals surface area (Å²) in [4.78, 5) is 14.4. The summed E-state index contributed by atoms with van der Waals surface area (Å²) in [7, 11) is 7.21. The number of hydrogen-bond donors (Lipinski definition) is 1. The molecule has 0 saturated heterocycles. The van der Waals surface area contributed by atoms with Gasteiger partial charge < -0.3 is 24.4 Å². The zero-order chi connectivity index (χ0) is 21.2. The monoisotopic (exact) mass is 398 g/mol. The molecular formula is C23H30N2O4. The Bertz CT molecular complexity index is 833. The van der Waals surface area contributed by atoms with E-state index >= 15 is 0 Å². The van der Waals surface area contributed by atoms with E-state index in [1.807, 2.05) is 63.5 Å². The lowest BCUT2D eigenvalue weighted by Gasteiger charge is -2.25. The van der Waals surface area contributed by atoms with Crippen LogP contribution in [0.5, 0.6) is 17.2 Å². The van der Waals surface area contributed by atoms with Gasteiger partial charge in [0, 0.05) is 12.6 Å². The molecule has 0 aromatic heterocycles. The molecule has 0 bridgehead atoms. The van der Waals surface area contributed by atoms with Crippen molar-refractivity contribution in [2.75, 3.05) is 41.5 Å². The maximum atomic E-state index is 12.3. The van der Waals surface area contributed by atoms with E-state index in [0.717, 1.165) is 16.9 Å². The van der Waals surface area contributed by atoms with E-state index in [-0.39, 0.29) is 11.9 Å². The van der Waals surface area contributed by atoms with Gasteiger partial charge in [-0.05, 0) is 62.5 Å². The topological polar surface area (TPSA) is 60.0 Å². The molecule has 0 aliphatic carbocycles. The van der Waals surface area contributed by atoms with Crippen molar-refractivity contribution in [2.45, 2.75) is 13.0 Å². The average Bonchev–Trinajstić information content (AvgIpc) is 2.73. The minimum Gasteiger partial charge on any atom is -0.497 e. The standard InChI is InChI=1S/C23H30N2O4/c1-6-29-21-12-10-17(14-22(21)28-5)11-13-23(26)24-16-20(25(2)3)18-8-7-9-19(15-18)27-4/h7-15,20H,6,16H2,1-5H3,(H,24,26)/b13-11+. The molecule has 6 nitrogen and oxygen atoms in total. The van der Waals surface area contributed by atoms with Gasteiger partial charge in [-0.3, -0.25) is 4.79 Å². The van der Waals surface area contributed by atoms with Crippen LogP contribution >= 0.6 is 0 Å². The third kappa shape index (κ3) is 6.54. The summed E-state index contributed by atoms with van der Waals surface area (Å²) in [6.45, 7) is 2.97. The van der Waals surface area contributed by atoms with Crippen LogP contribution in [0.4, 0.5) is 0 Å². The second kappa shape index (κ2) is 11.1. The maximum Gasteiger partial charge on any atom is 0.244 e. The zero-order valence-corrected chi connectivity index (χ0v) is 17.8. The molecule has 0 radical (unpaired) electrons. The third-order valence-corrected chi connectivity index (χ3v) is 4.49. The van der Waals surface area contributed by atoms with Crippen LogP contribution in [-0.2, 0) is 4.79 Å². The molecule has 0 spiro atoms. The van der Waals surface area contributed by atoms with Crippen molar-refractivity contribution in [1.82, 2.24) is 10.2 Å². The number of benzene rings is 2. The van der Waals surface area contributed by atoms with Crippen molar-refractivity contribution in [3.63, 3.8) is 0 Å². The lowest BCUT2D eigenvalue weighted by Crippen LogP contribution is -2.33. The first-order valence-corrected chi connectivity index (χ1v) is 9.55. The van der Waals surface area contributed by atoms with Gasteiger partial charge in [-0.25, -0.2) is 0 Å². The van der Waals surface area contributed by atoms with E-state index < -0.39 is 0 Å². The van der Waals surface area contributed by atoms with Crippen LogP contribution in [-0.4, -0.2) is 52.3 Å². The van der Waals surface area contributed by atoms with Gasteiger partial charge in [0.25, 0.3) is 0 Å². The number of nitrogens with one attached hydrogen (secondary N) is 1. The third-order valence-electron chi connectivity index (χ3n) is 4.49. The minimum atomic E-state index is -0.160. The number of rotatable bonds is 10. The highest BCUT2D eigenvalue weighted by atomic mass is 16.5. The van der Waals surface area contributed by atoms with E-state index in [2.05, 4.69) is 10.2 Å². The fourth-order valence-electron chi connectivity index (χ4n) is 2.94. The Morgan fingerprint density at radius 1 is 1.10 bits per heavy atom. The van der Waals surface area contributed by atoms with E-state index in [1.54, 1.807) is 20.3 Å². The van der Waals surface area contributed by atoms with E-state index in [4.69, 9.17) is 14.2 Å². The summed E-state index contributed by atoms with van der Waals surface area (Å²) in [6, 6.07) is 13.5. The molecule has 1 amide bonds. The summed E-state index contributed by atoms with van der Waals surface area (Å²) < 4.78 is 16.2. The largest absolute Gasteiger partial charge is 0.497 e. The summed E-state index contributed by atoms with van der Waals surface area (Å²) in [5, 5.41) is 2.97. The van der Waals surface area contributed by atoms with Crippen LogP contribution in [0.1, 0.15) is 24.1 Å². The molecule has 2 aromatic rings. The Kier molecular flexibility index (Phi) is 8.55. The number of nitrogens with zero attached hydrogens (tertiary/aromatic N) is 1. The highest BCUT2D eigenvalue weighted by molar-refractivity contribution is 5.91. The Morgan fingerprint density at radius 2 is 1.90 bits per heavy atom. The summed E-state index contributed by atoms with van der Waals surface area (Å²) in [5.41, 5.74) is 1.94. The van der Waals surface area contributed by atoms with Crippen molar-refractivity contribution < 1.29 is 19.0 Å². The number of ether oxygens (including phenoxy) is 3. The van der Waals surface area contributed by atoms with E-state index in [1.165, 1.54) is 6.08 Å². The molecule has 0 heterocycles. The maximum absolute atomic E-state index is 12.3.